The van der Waals surface area contributed by atoms with E-state index in [4.69, 9.17) is 4.18 Å². The van der Waals surface area contributed by atoms with E-state index < -0.39 is 15.9 Å². The minimum absolute atomic E-state index is 0.104. The fraction of sp³-hybridized carbons (Fsp3) is 0.536. The van der Waals surface area contributed by atoms with E-state index in [0.29, 0.717) is 42.7 Å². The second kappa shape index (κ2) is 9.23. The summed E-state index contributed by atoms with van der Waals surface area (Å²) in [6, 6.07) is 11.4. The third-order valence-electron chi connectivity index (χ3n) is 7.97. The molecule has 0 unspecified atom stereocenters. The van der Waals surface area contributed by atoms with Crippen LogP contribution in [0.15, 0.2) is 53.4 Å². The molecule has 4 aliphatic rings. The molecular weight excluding hydrogens is 465 g/mol. The van der Waals surface area contributed by atoms with E-state index in [9.17, 15) is 17.6 Å². The van der Waals surface area contributed by atoms with Crippen molar-refractivity contribution in [2.45, 2.75) is 63.8 Å². The molecule has 1 amide bonds. The number of rotatable bonds is 8. The summed E-state index contributed by atoms with van der Waals surface area (Å²) < 4.78 is 43.4. The normalized spacial score (nSPS) is 27.3. The number of carbonyl (C=O) groups excluding carboxylic acids is 1. The molecule has 0 spiro atoms. The summed E-state index contributed by atoms with van der Waals surface area (Å²) >= 11 is 0. The highest BCUT2D eigenvalue weighted by molar-refractivity contribution is 7.87. The third kappa shape index (κ3) is 5.11. The van der Waals surface area contributed by atoms with Gasteiger partial charge in [0.05, 0.1) is 5.41 Å². The van der Waals surface area contributed by atoms with Crippen molar-refractivity contribution in [1.29, 1.82) is 0 Å². The van der Waals surface area contributed by atoms with Crippen molar-refractivity contribution in [1.82, 2.24) is 4.90 Å². The van der Waals surface area contributed by atoms with Gasteiger partial charge in [0.2, 0.25) is 5.91 Å². The minimum atomic E-state index is -4.05. The average Bonchev–Trinajstić information content (AvgIpc) is 2.78. The van der Waals surface area contributed by atoms with E-state index >= 15 is 0 Å². The van der Waals surface area contributed by atoms with Gasteiger partial charge in [0, 0.05) is 13.1 Å². The van der Waals surface area contributed by atoms with Gasteiger partial charge in [0.15, 0.2) is 0 Å². The van der Waals surface area contributed by atoms with Crippen LogP contribution in [0.5, 0.6) is 5.75 Å². The van der Waals surface area contributed by atoms with Crippen molar-refractivity contribution in [3.8, 4) is 5.75 Å². The number of nitrogens with zero attached hydrogens (tertiary/aromatic N) is 1. The highest BCUT2D eigenvalue weighted by atomic mass is 32.2. The van der Waals surface area contributed by atoms with Crippen LogP contribution in [0.2, 0.25) is 0 Å². The van der Waals surface area contributed by atoms with Crippen LogP contribution in [0, 0.1) is 34.9 Å². The zero-order valence-corrected chi connectivity index (χ0v) is 21.3. The largest absolute Gasteiger partial charge is 0.379 e. The van der Waals surface area contributed by atoms with E-state index in [2.05, 4.69) is 13.8 Å². The predicted octanol–water partition coefficient (Wildman–Crippen LogP) is 5.79. The number of hydrogen-bond acceptors (Lipinski definition) is 4. The first-order chi connectivity index (χ1) is 16.6. The van der Waals surface area contributed by atoms with Gasteiger partial charge < -0.3 is 9.08 Å². The summed E-state index contributed by atoms with van der Waals surface area (Å²) in [6.45, 7) is 5.48. The van der Waals surface area contributed by atoms with Crippen LogP contribution in [-0.4, -0.2) is 25.8 Å². The lowest BCUT2D eigenvalue weighted by atomic mass is 9.49. The van der Waals surface area contributed by atoms with Crippen LogP contribution < -0.4 is 4.18 Å². The molecular formula is C28H34FNO4S. The Kier molecular flexibility index (Phi) is 6.41. The van der Waals surface area contributed by atoms with Crippen LogP contribution in [-0.2, 0) is 21.5 Å². The molecule has 7 heteroatoms. The molecule has 2 aromatic carbocycles. The van der Waals surface area contributed by atoms with Gasteiger partial charge in [-0.15, -0.1) is 0 Å². The van der Waals surface area contributed by atoms with Crippen LogP contribution >= 0.6 is 0 Å². The standard InChI is InChI=1S/C28H34FNO4S/c1-19(2)17-30(27(31)28-14-21-11-22(15-28)13-23(12-21)16-28)18-20-3-7-25(8-4-20)34-35(32,33)26-9-5-24(29)6-10-26/h3-10,19,21-23H,11-18H2,1-2H3. The highest BCUT2D eigenvalue weighted by Gasteiger charge is 2.55. The van der Waals surface area contributed by atoms with Crippen molar-refractivity contribution < 1.29 is 21.8 Å². The lowest BCUT2D eigenvalue weighted by molar-refractivity contribution is -0.158. The maximum absolute atomic E-state index is 14.0. The second-order valence-electron chi connectivity index (χ2n) is 11.4. The molecule has 188 valence electrons. The highest BCUT2D eigenvalue weighted by Crippen LogP contribution is 2.60. The van der Waals surface area contributed by atoms with Crippen molar-refractivity contribution >= 4 is 16.0 Å². The number of benzene rings is 2. The number of carbonyl (C=O) groups is 1. The van der Waals surface area contributed by atoms with E-state index in [1.807, 2.05) is 17.0 Å². The number of amides is 1. The molecule has 0 atom stereocenters. The molecule has 4 aliphatic carbocycles. The van der Waals surface area contributed by atoms with Gasteiger partial charge in [-0.25, -0.2) is 4.39 Å². The maximum Gasteiger partial charge on any atom is 0.339 e. The second-order valence-corrected chi connectivity index (χ2v) is 13.0. The first-order valence-corrected chi connectivity index (χ1v) is 14.1. The van der Waals surface area contributed by atoms with Crippen LogP contribution in [0.3, 0.4) is 0 Å². The lowest BCUT2D eigenvalue weighted by Gasteiger charge is -2.56. The smallest absolute Gasteiger partial charge is 0.339 e. The molecule has 0 heterocycles. The SMILES string of the molecule is CC(C)CN(Cc1ccc(OS(=O)(=O)c2ccc(F)cc2)cc1)C(=O)C12CC3CC(CC(C3)C1)C2. The Hall–Kier alpha value is -2.41. The zero-order valence-electron chi connectivity index (χ0n) is 20.5. The summed E-state index contributed by atoms with van der Waals surface area (Å²) in [5.41, 5.74) is 0.755. The molecule has 5 nitrogen and oxygen atoms in total. The summed E-state index contributed by atoms with van der Waals surface area (Å²) in [6.07, 6.45) is 7.04. The Morgan fingerprint density at radius 2 is 1.51 bits per heavy atom. The van der Waals surface area contributed by atoms with Crippen molar-refractivity contribution in [3.63, 3.8) is 0 Å². The van der Waals surface area contributed by atoms with Crippen molar-refractivity contribution in [2.75, 3.05) is 6.54 Å². The Labute approximate surface area is 207 Å². The average molecular weight is 500 g/mol. The summed E-state index contributed by atoms with van der Waals surface area (Å²) in [5.74, 6) is 2.48. The van der Waals surface area contributed by atoms with Gasteiger partial charge in [-0.05, 0) is 104 Å². The number of halogens is 1. The predicted molar refractivity (Wildman–Crippen MR) is 132 cm³/mol. The van der Waals surface area contributed by atoms with E-state index in [1.165, 1.54) is 31.4 Å². The van der Waals surface area contributed by atoms with Gasteiger partial charge in [-0.3, -0.25) is 4.79 Å². The molecule has 4 bridgehead atoms. The van der Waals surface area contributed by atoms with E-state index in [-0.39, 0.29) is 16.1 Å². The topological polar surface area (TPSA) is 63.7 Å². The van der Waals surface area contributed by atoms with Crippen molar-refractivity contribution in [3.05, 3.63) is 59.9 Å². The molecule has 4 saturated carbocycles. The van der Waals surface area contributed by atoms with Gasteiger partial charge in [0.1, 0.15) is 16.5 Å². The van der Waals surface area contributed by atoms with Crippen LogP contribution in [0.4, 0.5) is 4.39 Å². The molecule has 0 N–H and O–H groups in total. The monoisotopic (exact) mass is 499 g/mol. The fourth-order valence-corrected chi connectivity index (χ4v) is 7.94. The van der Waals surface area contributed by atoms with Crippen LogP contribution in [0.25, 0.3) is 0 Å². The summed E-state index contributed by atoms with van der Waals surface area (Å²) in [5, 5.41) is 0. The van der Waals surface area contributed by atoms with Gasteiger partial charge in [0.25, 0.3) is 0 Å². The van der Waals surface area contributed by atoms with Gasteiger partial charge in [-0.2, -0.15) is 8.42 Å². The molecule has 35 heavy (non-hydrogen) atoms. The summed E-state index contributed by atoms with van der Waals surface area (Å²) in [7, 11) is -4.05. The molecule has 0 radical (unpaired) electrons. The summed E-state index contributed by atoms with van der Waals surface area (Å²) in [4.78, 5) is 15.9. The molecule has 6 rings (SSSR count). The lowest BCUT2D eigenvalue weighted by Crippen LogP contribution is -2.54. The maximum atomic E-state index is 14.0. The quantitative estimate of drug-likeness (QED) is 0.431. The Balaban J connectivity index is 1.30. The first-order valence-electron chi connectivity index (χ1n) is 12.7. The zero-order chi connectivity index (χ0) is 24.8. The molecule has 4 fully saturated rings. The first kappa shape index (κ1) is 24.3. The van der Waals surface area contributed by atoms with Gasteiger partial charge >= 0.3 is 10.1 Å². The Morgan fingerprint density at radius 3 is 2.03 bits per heavy atom. The van der Waals surface area contributed by atoms with Gasteiger partial charge in [-0.1, -0.05) is 26.0 Å². The van der Waals surface area contributed by atoms with Crippen LogP contribution in [0.1, 0.15) is 57.9 Å². The molecule has 0 aromatic heterocycles. The number of hydrogen-bond donors (Lipinski definition) is 0. The Bertz CT molecular complexity index is 1140. The van der Waals surface area contributed by atoms with E-state index in [1.54, 1.807) is 12.1 Å². The minimum Gasteiger partial charge on any atom is -0.379 e. The molecule has 0 aliphatic heterocycles. The Morgan fingerprint density at radius 1 is 0.971 bits per heavy atom. The van der Waals surface area contributed by atoms with Crippen molar-refractivity contribution in [2.24, 2.45) is 29.1 Å². The molecule has 0 saturated heterocycles. The molecule has 2 aromatic rings. The van der Waals surface area contributed by atoms with E-state index in [0.717, 1.165) is 37.0 Å². The third-order valence-corrected chi connectivity index (χ3v) is 9.23. The fourth-order valence-electron chi connectivity index (χ4n) is 7.01.